The number of halogens is 3. The Kier molecular flexibility index (Phi) is 6.91. The van der Waals surface area contributed by atoms with Crippen molar-refractivity contribution in [2.75, 3.05) is 5.73 Å². The fourth-order valence-electron chi connectivity index (χ4n) is 3.14. The van der Waals surface area contributed by atoms with Gasteiger partial charge in [0.05, 0.1) is 11.1 Å². The number of hydrogen-bond donors (Lipinski definition) is 2. The molecule has 0 saturated heterocycles. The first kappa shape index (κ1) is 23.3. The maximum Gasteiger partial charge on any atom is 0.414 e. The van der Waals surface area contributed by atoms with Gasteiger partial charge in [-0.05, 0) is 42.5 Å². The molecule has 35 heavy (non-hydrogen) atoms. The highest BCUT2D eigenvalue weighted by Crippen LogP contribution is 2.33. The summed E-state index contributed by atoms with van der Waals surface area (Å²) in [6.45, 7) is 0. The number of fused-ring (bicyclic) bond motifs is 1. The van der Waals surface area contributed by atoms with Crippen molar-refractivity contribution in [1.82, 2.24) is 24.7 Å². The van der Waals surface area contributed by atoms with Gasteiger partial charge in [0.15, 0.2) is 5.65 Å². The minimum Gasteiger partial charge on any atom is -0.457 e. The number of nitrogens with two attached hydrogens (primary N) is 1. The minimum absolute atomic E-state index is 0.395. The number of para-hydroxylation sites is 1. The van der Waals surface area contributed by atoms with E-state index in [1.54, 1.807) is 4.68 Å². The molecule has 12 heteroatoms. The van der Waals surface area contributed by atoms with Crippen molar-refractivity contribution in [3.63, 3.8) is 0 Å². The molecule has 0 saturated carbocycles. The molecule has 0 fully saturated rings. The lowest BCUT2D eigenvalue weighted by Crippen LogP contribution is -2.08. The largest absolute Gasteiger partial charge is 0.457 e. The number of aromatic nitrogens is 5. The zero-order chi connectivity index (χ0) is 24.8. The van der Waals surface area contributed by atoms with Gasteiger partial charge in [-0.1, -0.05) is 18.2 Å². The Balaban J connectivity index is 0.000000364. The van der Waals surface area contributed by atoms with Crippen LogP contribution in [-0.4, -0.2) is 37.1 Å². The average Bonchev–Trinajstić information content (AvgIpc) is 3.54. The van der Waals surface area contributed by atoms with E-state index in [1.165, 1.54) is 6.33 Å². The number of aromatic amines is 1. The molecule has 0 aliphatic rings. The summed E-state index contributed by atoms with van der Waals surface area (Å²) in [4.78, 5) is 22.9. The van der Waals surface area contributed by atoms with E-state index in [0.29, 0.717) is 11.5 Å². The van der Waals surface area contributed by atoms with Crippen LogP contribution in [-0.2, 0) is 9.74 Å². The number of H-pyrrole nitrogens is 1. The van der Waals surface area contributed by atoms with Gasteiger partial charge in [0, 0.05) is 22.5 Å². The highest BCUT2D eigenvalue weighted by Gasteiger charge is 2.18. The SMILES string of the molecule is Nc1ncnc2c1c(-c1ccc(Oc3ccccc3)cc1)nn2-c1cc[nH]c1.O=C(OF)C(F)F. The van der Waals surface area contributed by atoms with Crippen LogP contribution in [0.25, 0.3) is 28.0 Å². The maximum atomic E-state index is 10.7. The molecule has 0 atom stereocenters. The molecule has 0 unspecified atom stereocenters. The Morgan fingerprint density at radius 1 is 1.00 bits per heavy atom. The fourth-order valence-corrected chi connectivity index (χ4v) is 3.14. The van der Waals surface area contributed by atoms with Crippen LogP contribution in [0.1, 0.15) is 0 Å². The zero-order valence-corrected chi connectivity index (χ0v) is 17.8. The second-order valence-corrected chi connectivity index (χ2v) is 6.92. The molecular weight excluding hydrogens is 465 g/mol. The summed E-state index contributed by atoms with van der Waals surface area (Å²) in [5, 5.41) is 5.47. The number of alkyl halides is 2. The molecule has 178 valence electrons. The molecule has 0 aliphatic heterocycles. The van der Waals surface area contributed by atoms with Gasteiger partial charge in [-0.15, -0.1) is 0 Å². The Bertz CT molecular complexity index is 1410. The monoisotopic (exact) mass is 482 g/mol. The van der Waals surface area contributed by atoms with Gasteiger partial charge in [-0.2, -0.15) is 13.9 Å². The second-order valence-electron chi connectivity index (χ2n) is 6.92. The highest BCUT2D eigenvalue weighted by atomic mass is 19.3. The van der Waals surface area contributed by atoms with Gasteiger partial charge in [0.25, 0.3) is 0 Å². The van der Waals surface area contributed by atoms with Crippen molar-refractivity contribution in [1.29, 1.82) is 0 Å². The quantitative estimate of drug-likeness (QED) is 0.367. The number of rotatable bonds is 5. The third-order valence-corrected chi connectivity index (χ3v) is 4.68. The number of benzene rings is 2. The Morgan fingerprint density at radius 2 is 1.71 bits per heavy atom. The molecule has 3 heterocycles. The predicted octanol–water partition coefficient (Wildman–Crippen LogP) is 4.86. The van der Waals surface area contributed by atoms with Gasteiger partial charge >= 0.3 is 12.4 Å². The molecular formula is C23H17F3N6O3. The normalized spacial score (nSPS) is 10.6. The van der Waals surface area contributed by atoms with Gasteiger partial charge in [0.2, 0.25) is 0 Å². The summed E-state index contributed by atoms with van der Waals surface area (Å²) in [6.07, 6.45) is 1.77. The van der Waals surface area contributed by atoms with Gasteiger partial charge in [-0.25, -0.2) is 24.4 Å². The van der Waals surface area contributed by atoms with Crippen molar-refractivity contribution in [3.05, 3.63) is 79.4 Å². The number of nitrogens with one attached hydrogen (secondary N) is 1. The molecule has 0 bridgehead atoms. The smallest absolute Gasteiger partial charge is 0.414 e. The number of carbonyl (C=O) groups excluding carboxylic acids is 1. The summed E-state index contributed by atoms with van der Waals surface area (Å²) in [5.41, 5.74) is 9.32. The molecule has 3 N–H and O–H groups in total. The molecule has 5 aromatic rings. The summed E-state index contributed by atoms with van der Waals surface area (Å²) in [7, 11) is 0. The Labute approximate surface area is 195 Å². The lowest BCUT2D eigenvalue weighted by molar-refractivity contribution is -0.196. The van der Waals surface area contributed by atoms with Crippen LogP contribution >= 0.6 is 0 Å². The van der Waals surface area contributed by atoms with E-state index in [0.717, 1.165) is 33.8 Å². The molecule has 0 amide bonds. The molecule has 0 spiro atoms. The fraction of sp³-hybridized carbons (Fsp3) is 0.0435. The Hall–Kier alpha value is -4.87. The standard InChI is InChI=1S/C21H16N6O.C2HF3O2/c22-20-18-19(26-27(15-10-11-23-12-15)21(18)25-13-24-20)14-6-8-17(9-7-14)28-16-4-2-1-3-5-16;3-1(4)2(6)7-5/h1-13,23H,(H2,22,24,25);1H. The van der Waals surface area contributed by atoms with E-state index < -0.39 is 12.4 Å². The minimum atomic E-state index is -3.37. The highest BCUT2D eigenvalue weighted by molar-refractivity contribution is 5.98. The summed E-state index contributed by atoms with van der Waals surface area (Å²) < 4.78 is 39.4. The number of ether oxygens (including phenoxy) is 1. The van der Waals surface area contributed by atoms with Crippen LogP contribution in [0.3, 0.4) is 0 Å². The summed E-state index contributed by atoms with van der Waals surface area (Å²) >= 11 is 0. The average molecular weight is 482 g/mol. The first-order valence-electron chi connectivity index (χ1n) is 10.0. The summed E-state index contributed by atoms with van der Waals surface area (Å²) in [5.74, 6) is -0.227. The molecule has 5 rings (SSSR count). The van der Waals surface area contributed by atoms with Crippen molar-refractivity contribution < 1.29 is 27.8 Å². The maximum absolute atomic E-state index is 10.7. The van der Waals surface area contributed by atoms with Crippen LogP contribution in [0.4, 0.5) is 19.1 Å². The molecule has 0 aliphatic carbocycles. The van der Waals surface area contributed by atoms with E-state index in [4.69, 9.17) is 20.4 Å². The van der Waals surface area contributed by atoms with Crippen LogP contribution in [0.2, 0.25) is 0 Å². The molecule has 0 radical (unpaired) electrons. The van der Waals surface area contributed by atoms with Crippen LogP contribution in [0, 0.1) is 0 Å². The van der Waals surface area contributed by atoms with E-state index in [2.05, 4.69) is 19.9 Å². The molecule has 3 aromatic heterocycles. The van der Waals surface area contributed by atoms with Gasteiger partial charge < -0.3 is 15.5 Å². The third kappa shape index (κ3) is 5.21. The van der Waals surface area contributed by atoms with E-state index in [-0.39, 0.29) is 0 Å². The lowest BCUT2D eigenvalue weighted by atomic mass is 10.1. The lowest BCUT2D eigenvalue weighted by Gasteiger charge is -2.06. The second kappa shape index (κ2) is 10.4. The van der Waals surface area contributed by atoms with Crippen molar-refractivity contribution in [2.45, 2.75) is 6.43 Å². The zero-order valence-electron chi connectivity index (χ0n) is 17.8. The van der Waals surface area contributed by atoms with Gasteiger partial charge in [0.1, 0.15) is 29.3 Å². The van der Waals surface area contributed by atoms with Crippen molar-refractivity contribution >= 4 is 22.8 Å². The van der Waals surface area contributed by atoms with E-state index >= 15 is 0 Å². The number of nitrogens with zero attached hydrogens (tertiary/aromatic N) is 4. The first-order chi connectivity index (χ1) is 17.0. The van der Waals surface area contributed by atoms with Gasteiger partial charge in [-0.3, -0.25) is 0 Å². The summed E-state index contributed by atoms with van der Waals surface area (Å²) in [6, 6.07) is 19.3. The Morgan fingerprint density at radius 3 is 2.31 bits per heavy atom. The van der Waals surface area contributed by atoms with E-state index in [1.807, 2.05) is 73.1 Å². The topological polar surface area (TPSA) is 121 Å². The number of nitrogen functional groups attached to an aromatic ring is 1. The number of carbonyl (C=O) groups is 1. The number of hydrogen-bond acceptors (Lipinski definition) is 7. The van der Waals surface area contributed by atoms with Crippen LogP contribution in [0.15, 0.2) is 79.4 Å². The molecule has 2 aromatic carbocycles. The van der Waals surface area contributed by atoms with Crippen molar-refractivity contribution in [3.8, 4) is 28.4 Å². The first-order valence-corrected chi connectivity index (χ1v) is 10.0. The third-order valence-electron chi connectivity index (χ3n) is 4.68. The number of anilines is 1. The molecule has 9 nitrogen and oxygen atoms in total. The van der Waals surface area contributed by atoms with Crippen molar-refractivity contribution in [2.24, 2.45) is 0 Å². The van der Waals surface area contributed by atoms with Crippen LogP contribution in [0.5, 0.6) is 11.5 Å². The predicted molar refractivity (Wildman–Crippen MR) is 121 cm³/mol. The van der Waals surface area contributed by atoms with E-state index in [9.17, 15) is 13.3 Å². The van der Waals surface area contributed by atoms with Crippen LogP contribution < -0.4 is 10.5 Å².